The first-order valence-electron chi connectivity index (χ1n) is 25.6. The van der Waals surface area contributed by atoms with Crippen molar-refractivity contribution in [1.82, 2.24) is 39.5 Å². The predicted octanol–water partition coefficient (Wildman–Crippen LogP) is 6.13. The van der Waals surface area contributed by atoms with Gasteiger partial charge in [0.05, 0.1) is 62.8 Å². The van der Waals surface area contributed by atoms with Gasteiger partial charge >= 0.3 is 0 Å². The number of benzene rings is 2. The maximum atomic E-state index is 5.73. The molecule has 0 radical (unpaired) electrons. The van der Waals surface area contributed by atoms with Crippen molar-refractivity contribution >= 4 is 45.3 Å². The number of methoxy groups -OCH3 is 2. The van der Waals surface area contributed by atoms with Crippen LogP contribution in [0.3, 0.4) is 0 Å². The molecule has 70 heavy (non-hydrogen) atoms. The van der Waals surface area contributed by atoms with Crippen molar-refractivity contribution in [1.29, 1.82) is 0 Å². The van der Waals surface area contributed by atoms with Gasteiger partial charge in [-0.25, -0.2) is 9.97 Å². The predicted molar refractivity (Wildman–Crippen MR) is 285 cm³/mol. The third kappa shape index (κ3) is 14.5. The first-order chi connectivity index (χ1) is 33.9. The molecule has 4 fully saturated rings. The highest BCUT2D eigenvalue weighted by atomic mass is 16.5. The Bertz CT molecular complexity index is 2260. The van der Waals surface area contributed by atoms with Crippen LogP contribution >= 0.6 is 0 Å². The largest absolute Gasteiger partial charge is 0.495 e. The minimum atomic E-state index is 0.386. The van der Waals surface area contributed by atoms with Crippen molar-refractivity contribution < 1.29 is 18.9 Å². The number of aromatic nitrogens is 4. The second kappa shape index (κ2) is 25.8. The topological polar surface area (TPSA) is 132 Å². The average Bonchev–Trinajstić information content (AvgIpc) is 3.37. The molecular formula is C54H80N12O4. The van der Waals surface area contributed by atoms with Crippen LogP contribution in [-0.4, -0.2) is 198 Å². The molecule has 0 amide bonds. The van der Waals surface area contributed by atoms with Gasteiger partial charge in [0, 0.05) is 113 Å². The van der Waals surface area contributed by atoms with Crippen LogP contribution in [0.15, 0.2) is 24.3 Å². The number of likely N-dealkylation sites (tertiary alicyclic amines) is 2. The van der Waals surface area contributed by atoms with Crippen molar-refractivity contribution in [3.8, 4) is 35.2 Å². The Morgan fingerprint density at radius 2 is 0.943 bits per heavy atom. The Morgan fingerprint density at radius 1 is 0.571 bits per heavy atom. The second-order valence-corrected chi connectivity index (χ2v) is 19.9. The van der Waals surface area contributed by atoms with E-state index in [2.05, 4.69) is 132 Å². The molecule has 0 atom stereocenters. The maximum Gasteiger partial charge on any atom is 0.228 e. The van der Waals surface area contributed by atoms with E-state index in [0.717, 1.165) is 172 Å². The Morgan fingerprint density at radius 3 is 1.27 bits per heavy atom. The molecule has 4 saturated heterocycles. The van der Waals surface area contributed by atoms with Gasteiger partial charge in [-0.15, -0.1) is 0 Å². The molecule has 4 aromatic rings. The van der Waals surface area contributed by atoms with Crippen LogP contribution in [-0.2, 0) is 9.47 Å². The summed E-state index contributed by atoms with van der Waals surface area (Å²) in [6.07, 6.45) is 6.01. The van der Waals surface area contributed by atoms with Crippen LogP contribution in [0.5, 0.6) is 11.5 Å². The lowest BCUT2D eigenvalue weighted by molar-refractivity contribution is 0.122. The van der Waals surface area contributed by atoms with Gasteiger partial charge < -0.3 is 59.0 Å². The molecular weight excluding hydrogens is 881 g/mol. The number of morpholine rings is 2. The Hall–Kier alpha value is -5.20. The van der Waals surface area contributed by atoms with Crippen molar-refractivity contribution in [2.45, 2.75) is 90.4 Å². The molecule has 0 saturated carbocycles. The molecule has 0 bridgehead atoms. The molecule has 2 aromatic carbocycles. The zero-order chi connectivity index (χ0) is 49.6. The third-order valence-electron chi connectivity index (χ3n) is 13.6. The van der Waals surface area contributed by atoms with Gasteiger partial charge in [0.1, 0.15) is 23.1 Å². The molecule has 0 aliphatic carbocycles. The molecule has 4 aliphatic heterocycles. The summed E-state index contributed by atoms with van der Waals surface area (Å²) in [7, 11) is 11.6. The molecule has 16 heteroatoms. The molecule has 8 rings (SSSR count). The number of piperidine rings is 2. The second-order valence-electron chi connectivity index (χ2n) is 19.9. The van der Waals surface area contributed by atoms with Gasteiger partial charge in [0.15, 0.2) is 0 Å². The number of nitrogens with zero attached hydrogens (tertiary/aromatic N) is 10. The Labute approximate surface area is 418 Å². The maximum absolute atomic E-state index is 5.73. The van der Waals surface area contributed by atoms with E-state index in [4.69, 9.17) is 38.9 Å². The summed E-state index contributed by atoms with van der Waals surface area (Å²) in [4.78, 5) is 33.7. The summed E-state index contributed by atoms with van der Waals surface area (Å²) < 4.78 is 22.6. The summed E-state index contributed by atoms with van der Waals surface area (Å²) >= 11 is 0. The van der Waals surface area contributed by atoms with Crippen LogP contribution in [0.4, 0.5) is 23.5 Å². The van der Waals surface area contributed by atoms with E-state index < -0.39 is 0 Å². The molecule has 6 heterocycles. The van der Waals surface area contributed by atoms with Gasteiger partial charge in [-0.05, 0) is 106 Å². The minimum Gasteiger partial charge on any atom is -0.495 e. The van der Waals surface area contributed by atoms with Gasteiger partial charge in [0.2, 0.25) is 11.9 Å². The molecule has 2 N–H and O–H groups in total. The molecule has 380 valence electrons. The van der Waals surface area contributed by atoms with E-state index >= 15 is 0 Å². The van der Waals surface area contributed by atoms with E-state index in [1.54, 1.807) is 14.2 Å². The Kier molecular flexibility index (Phi) is 19.4. The fourth-order valence-corrected chi connectivity index (χ4v) is 9.23. The van der Waals surface area contributed by atoms with Gasteiger partial charge in [-0.3, -0.25) is 0 Å². The van der Waals surface area contributed by atoms with Gasteiger partial charge in [-0.1, -0.05) is 23.7 Å². The number of hydrogen-bond acceptors (Lipinski definition) is 16. The lowest BCUT2D eigenvalue weighted by Crippen LogP contribution is -2.42. The monoisotopic (exact) mass is 961 g/mol. The molecule has 0 spiro atoms. The number of nitrogens with one attached hydrogen (secondary N) is 2. The zero-order valence-electron chi connectivity index (χ0n) is 43.9. The number of hydrogen-bond donors (Lipinski definition) is 2. The van der Waals surface area contributed by atoms with Gasteiger partial charge in [0.25, 0.3) is 0 Å². The zero-order valence-corrected chi connectivity index (χ0v) is 43.9. The fourth-order valence-electron chi connectivity index (χ4n) is 9.23. The summed E-state index contributed by atoms with van der Waals surface area (Å²) in [5.74, 6) is 18.0. The SMILES string of the molecule is COc1cc2c(NC3CCN(C(C)C)CC3)nc(N3CCOCC3)nc2cc1C#CCCN(C)C.COc1cc2c(NC3CCN(C(C)C)CC3)nc(N3CCOCC3)nc2cc1C#CCCN(C)C. The number of rotatable bonds is 14. The van der Waals surface area contributed by atoms with E-state index in [1.165, 1.54) is 0 Å². The standard InChI is InChI=1S/2C27H40N6O2/c2*1-20(2)32-12-9-22(10-13-32)28-26-23-19-25(34-5)21(8-6-7-11-31(3)4)18-24(23)29-27(30-26)33-14-16-35-17-15-33/h2*18-20,22H,7,9-17H2,1-5H3,(H,28,29,30). The first-order valence-corrected chi connectivity index (χ1v) is 25.6. The first kappa shape index (κ1) is 52.6. The van der Waals surface area contributed by atoms with Crippen LogP contribution < -0.4 is 29.9 Å². The van der Waals surface area contributed by atoms with E-state index in [1.807, 2.05) is 12.1 Å². The van der Waals surface area contributed by atoms with Crippen molar-refractivity contribution in [2.24, 2.45) is 0 Å². The highest BCUT2D eigenvalue weighted by Crippen LogP contribution is 2.34. The molecule has 0 unspecified atom stereocenters. The Balaban J connectivity index is 0.000000206. The lowest BCUT2D eigenvalue weighted by Gasteiger charge is -2.35. The minimum absolute atomic E-state index is 0.386. The van der Waals surface area contributed by atoms with Crippen molar-refractivity contribution in [3.05, 3.63) is 35.4 Å². The van der Waals surface area contributed by atoms with Crippen LogP contribution in [0, 0.1) is 23.7 Å². The normalized spacial score (nSPS) is 17.6. The van der Waals surface area contributed by atoms with E-state index in [9.17, 15) is 0 Å². The average molecular weight is 961 g/mol. The number of ether oxygens (including phenoxy) is 4. The number of fused-ring (bicyclic) bond motifs is 2. The summed E-state index contributed by atoms with van der Waals surface area (Å²) in [5, 5.41) is 9.48. The summed E-state index contributed by atoms with van der Waals surface area (Å²) in [6, 6.07) is 10.1. The van der Waals surface area contributed by atoms with Crippen molar-refractivity contribution in [2.75, 3.05) is 155 Å². The highest BCUT2D eigenvalue weighted by Gasteiger charge is 2.26. The van der Waals surface area contributed by atoms with E-state index in [0.29, 0.717) is 50.6 Å². The third-order valence-corrected chi connectivity index (χ3v) is 13.6. The molecule has 4 aliphatic rings. The van der Waals surface area contributed by atoms with Crippen LogP contribution in [0.25, 0.3) is 21.8 Å². The van der Waals surface area contributed by atoms with Gasteiger partial charge in [-0.2, -0.15) is 9.97 Å². The van der Waals surface area contributed by atoms with Crippen LogP contribution in [0.1, 0.15) is 77.3 Å². The van der Waals surface area contributed by atoms with Crippen molar-refractivity contribution in [3.63, 3.8) is 0 Å². The molecule has 2 aromatic heterocycles. The number of anilines is 4. The highest BCUT2D eigenvalue weighted by molar-refractivity contribution is 5.94. The smallest absolute Gasteiger partial charge is 0.228 e. The van der Waals surface area contributed by atoms with Crippen LogP contribution in [0.2, 0.25) is 0 Å². The van der Waals surface area contributed by atoms with E-state index in [-0.39, 0.29) is 0 Å². The lowest BCUT2D eigenvalue weighted by atomic mass is 10.0. The summed E-state index contributed by atoms with van der Waals surface area (Å²) in [6.45, 7) is 21.3. The quantitative estimate of drug-likeness (QED) is 0.141. The summed E-state index contributed by atoms with van der Waals surface area (Å²) in [5.41, 5.74) is 3.51. The molecule has 16 nitrogen and oxygen atoms in total. The fraction of sp³-hybridized carbons (Fsp3) is 0.630.